The number of likely N-dealkylation sites (N-methyl/N-ethyl adjacent to an activating group) is 1. The molecule has 1 amide bonds. The van der Waals surface area contributed by atoms with E-state index < -0.39 is 6.04 Å². The number of aryl methyl sites for hydroxylation is 1. The van der Waals surface area contributed by atoms with E-state index in [9.17, 15) is 4.79 Å². The van der Waals surface area contributed by atoms with Crippen molar-refractivity contribution < 1.29 is 9.21 Å². The maximum Gasteiger partial charge on any atom is 0.239 e. The summed E-state index contributed by atoms with van der Waals surface area (Å²) in [6.07, 6.45) is 1.65. The van der Waals surface area contributed by atoms with E-state index in [4.69, 9.17) is 10.2 Å². The minimum Gasteiger partial charge on any atom is -0.468 e. The highest BCUT2D eigenvalue weighted by molar-refractivity contribution is 9.10. The van der Waals surface area contributed by atoms with Crippen molar-refractivity contribution in [2.45, 2.75) is 19.5 Å². The molecule has 0 fully saturated rings. The maximum absolute atomic E-state index is 11.8. The minimum absolute atomic E-state index is 0.380. The van der Waals surface area contributed by atoms with Crippen molar-refractivity contribution in [1.82, 2.24) is 4.90 Å². The normalized spacial score (nSPS) is 12.6. The number of halogens is 1. The van der Waals surface area contributed by atoms with E-state index in [1.165, 1.54) is 0 Å². The molecule has 0 aliphatic heterocycles. The third kappa shape index (κ3) is 3.29. The first kappa shape index (κ1) is 14.8. The van der Waals surface area contributed by atoms with Gasteiger partial charge in [-0.3, -0.25) is 9.69 Å². The molecule has 2 N–H and O–H groups in total. The Morgan fingerprint density at radius 1 is 1.45 bits per heavy atom. The van der Waals surface area contributed by atoms with Crippen LogP contribution in [0.2, 0.25) is 0 Å². The molecule has 20 heavy (non-hydrogen) atoms. The third-order valence-electron chi connectivity index (χ3n) is 3.24. The van der Waals surface area contributed by atoms with Gasteiger partial charge in [-0.2, -0.15) is 0 Å². The van der Waals surface area contributed by atoms with Gasteiger partial charge >= 0.3 is 0 Å². The summed E-state index contributed by atoms with van der Waals surface area (Å²) in [5.41, 5.74) is 7.48. The molecule has 0 radical (unpaired) electrons. The Hall–Kier alpha value is -1.59. The molecule has 0 aliphatic rings. The van der Waals surface area contributed by atoms with Crippen LogP contribution in [-0.2, 0) is 11.3 Å². The van der Waals surface area contributed by atoms with Crippen LogP contribution in [0.25, 0.3) is 0 Å². The molecule has 0 aliphatic carbocycles. The molecule has 2 aromatic rings. The van der Waals surface area contributed by atoms with Gasteiger partial charge in [0.2, 0.25) is 5.91 Å². The van der Waals surface area contributed by atoms with Gasteiger partial charge in [-0.05, 0) is 43.3 Å². The molecule has 106 valence electrons. The molecule has 2 rings (SSSR count). The molecule has 0 spiro atoms. The zero-order valence-corrected chi connectivity index (χ0v) is 13.1. The second-order valence-electron chi connectivity index (χ2n) is 4.80. The van der Waals surface area contributed by atoms with Crippen molar-refractivity contribution >= 4 is 21.8 Å². The van der Waals surface area contributed by atoms with Gasteiger partial charge in [-0.25, -0.2) is 0 Å². The molecular weight excluding hydrogens is 320 g/mol. The highest BCUT2D eigenvalue weighted by atomic mass is 79.9. The lowest BCUT2D eigenvalue weighted by Crippen LogP contribution is -2.35. The molecule has 0 saturated heterocycles. The summed E-state index contributed by atoms with van der Waals surface area (Å²) in [6, 6.07) is 9.02. The molecule has 5 heteroatoms. The second-order valence-corrected chi connectivity index (χ2v) is 5.72. The van der Waals surface area contributed by atoms with Crippen molar-refractivity contribution in [3.63, 3.8) is 0 Å². The highest BCUT2D eigenvalue weighted by Gasteiger charge is 2.24. The van der Waals surface area contributed by atoms with Crippen molar-refractivity contribution in [1.29, 1.82) is 0 Å². The largest absolute Gasteiger partial charge is 0.468 e. The molecule has 0 saturated carbocycles. The number of nitrogens with two attached hydrogens (primary N) is 1. The molecule has 0 bridgehead atoms. The molecular formula is C15H17BrN2O2. The van der Waals surface area contributed by atoms with E-state index in [0.717, 1.165) is 21.4 Å². The Labute approximate surface area is 126 Å². The number of hydrogen-bond donors (Lipinski definition) is 1. The zero-order chi connectivity index (χ0) is 14.7. The van der Waals surface area contributed by atoms with Crippen molar-refractivity contribution in [2.24, 2.45) is 5.73 Å². The first-order chi connectivity index (χ1) is 9.49. The first-order valence-electron chi connectivity index (χ1n) is 6.27. The van der Waals surface area contributed by atoms with Gasteiger partial charge in [0.25, 0.3) is 0 Å². The van der Waals surface area contributed by atoms with E-state index in [0.29, 0.717) is 6.54 Å². The van der Waals surface area contributed by atoms with Crippen molar-refractivity contribution in [3.05, 3.63) is 58.0 Å². The van der Waals surface area contributed by atoms with E-state index >= 15 is 0 Å². The lowest BCUT2D eigenvalue weighted by molar-refractivity contribution is -0.123. The molecule has 1 heterocycles. The Morgan fingerprint density at radius 2 is 2.20 bits per heavy atom. The van der Waals surface area contributed by atoms with E-state index in [1.54, 1.807) is 6.26 Å². The topological polar surface area (TPSA) is 59.5 Å². The van der Waals surface area contributed by atoms with Crippen molar-refractivity contribution in [2.75, 3.05) is 7.05 Å². The maximum atomic E-state index is 11.8. The summed E-state index contributed by atoms with van der Waals surface area (Å²) in [5, 5.41) is 0. The number of hydrogen-bond acceptors (Lipinski definition) is 3. The molecule has 4 nitrogen and oxygen atoms in total. The van der Waals surface area contributed by atoms with Crippen LogP contribution in [0.1, 0.15) is 22.9 Å². The molecule has 1 aromatic carbocycles. The van der Waals surface area contributed by atoms with Gasteiger partial charge in [0.15, 0.2) is 0 Å². The van der Waals surface area contributed by atoms with Crippen LogP contribution >= 0.6 is 15.9 Å². The summed E-state index contributed by atoms with van der Waals surface area (Å²) < 4.78 is 6.34. The number of carbonyl (C=O) groups excluding carboxylic acids is 1. The highest BCUT2D eigenvalue weighted by Crippen LogP contribution is 2.24. The molecule has 1 atom stereocenters. The van der Waals surface area contributed by atoms with Gasteiger partial charge in [-0.1, -0.05) is 28.1 Å². The Morgan fingerprint density at radius 3 is 2.75 bits per heavy atom. The Bertz CT molecular complexity index is 609. The quantitative estimate of drug-likeness (QED) is 0.912. The summed E-state index contributed by atoms with van der Waals surface area (Å²) in [5.74, 6) is 0.462. The fourth-order valence-corrected chi connectivity index (χ4v) is 2.61. The number of benzene rings is 1. The fourth-order valence-electron chi connectivity index (χ4n) is 2.20. The lowest BCUT2D eigenvalue weighted by atomic mass is 10.0. The Kier molecular flexibility index (Phi) is 4.62. The van der Waals surface area contributed by atoms with E-state index in [2.05, 4.69) is 15.9 Å². The van der Waals surface area contributed by atoms with E-state index in [1.807, 2.05) is 49.2 Å². The first-order valence-corrected chi connectivity index (χ1v) is 7.06. The predicted octanol–water partition coefficient (Wildman–Crippen LogP) is 3.01. The summed E-state index contributed by atoms with van der Waals surface area (Å²) in [7, 11) is 1.86. The zero-order valence-electron chi connectivity index (χ0n) is 11.5. The number of furan rings is 1. The van der Waals surface area contributed by atoms with Crippen molar-refractivity contribution in [3.8, 4) is 0 Å². The number of nitrogens with zero attached hydrogens (tertiary/aromatic N) is 1. The summed E-state index contributed by atoms with van der Waals surface area (Å²) in [6.45, 7) is 2.50. The number of carbonyl (C=O) groups is 1. The van der Waals surface area contributed by atoms with E-state index in [-0.39, 0.29) is 5.91 Å². The van der Waals surface area contributed by atoms with Gasteiger partial charge in [0.1, 0.15) is 11.8 Å². The van der Waals surface area contributed by atoms with Gasteiger partial charge in [0, 0.05) is 4.47 Å². The van der Waals surface area contributed by atoms with Crippen LogP contribution in [0.3, 0.4) is 0 Å². The van der Waals surface area contributed by atoms with Crippen LogP contribution in [0.5, 0.6) is 0 Å². The Balaban J connectivity index is 2.25. The lowest BCUT2D eigenvalue weighted by Gasteiger charge is -2.25. The van der Waals surface area contributed by atoms with Crippen LogP contribution < -0.4 is 5.73 Å². The van der Waals surface area contributed by atoms with Gasteiger partial charge in [-0.15, -0.1) is 0 Å². The second kappa shape index (κ2) is 6.24. The monoisotopic (exact) mass is 336 g/mol. The smallest absolute Gasteiger partial charge is 0.239 e. The van der Waals surface area contributed by atoms with Crippen LogP contribution in [0.15, 0.2) is 45.5 Å². The molecule has 0 unspecified atom stereocenters. The molecule has 1 aromatic heterocycles. The fraction of sp³-hybridized carbons (Fsp3) is 0.267. The number of primary amides is 1. The average molecular weight is 337 g/mol. The number of rotatable bonds is 5. The third-order valence-corrected chi connectivity index (χ3v) is 3.73. The van der Waals surface area contributed by atoms with Gasteiger partial charge < -0.3 is 10.2 Å². The number of amides is 1. The average Bonchev–Trinajstić information content (AvgIpc) is 2.74. The summed E-state index contributed by atoms with van der Waals surface area (Å²) in [4.78, 5) is 13.7. The standard InChI is InChI=1S/C15H17BrN2O2/c1-10-6-7-20-13(10)9-18(2)14(15(17)19)11-4-3-5-12(16)8-11/h3-8,14H,9H2,1-2H3,(H2,17,19)/t14-/m0/s1. The van der Waals surface area contributed by atoms with Gasteiger partial charge in [0.05, 0.1) is 12.8 Å². The van der Waals surface area contributed by atoms with Crippen LogP contribution in [0.4, 0.5) is 0 Å². The SMILES string of the molecule is Cc1ccoc1CN(C)[C@H](C(N)=O)c1cccc(Br)c1. The minimum atomic E-state index is -0.489. The predicted molar refractivity (Wildman–Crippen MR) is 81.0 cm³/mol. The summed E-state index contributed by atoms with van der Waals surface area (Å²) >= 11 is 3.41. The van der Waals surface area contributed by atoms with Crippen LogP contribution in [-0.4, -0.2) is 17.9 Å². The van der Waals surface area contributed by atoms with Crippen LogP contribution in [0, 0.1) is 6.92 Å².